The van der Waals surface area contributed by atoms with Gasteiger partial charge in [0.1, 0.15) is 0 Å². The summed E-state index contributed by atoms with van der Waals surface area (Å²) >= 11 is 0. The zero-order chi connectivity index (χ0) is 14.0. The molecule has 0 unspecified atom stereocenters. The van der Waals surface area contributed by atoms with Crippen LogP contribution in [0.2, 0.25) is 0 Å². The molecule has 1 aliphatic carbocycles. The summed E-state index contributed by atoms with van der Waals surface area (Å²) in [5, 5.41) is 7.25. The third-order valence-corrected chi connectivity index (χ3v) is 5.10. The summed E-state index contributed by atoms with van der Waals surface area (Å²) in [4.78, 5) is 0.322. The molecule has 0 heterocycles. The number of benzene rings is 1. The highest BCUT2D eigenvalue weighted by Crippen LogP contribution is 2.32. The summed E-state index contributed by atoms with van der Waals surface area (Å²) in [6, 6.07) is 6.99. The van der Waals surface area contributed by atoms with Crippen LogP contribution >= 0.6 is 0 Å². The van der Waals surface area contributed by atoms with Gasteiger partial charge in [-0.15, -0.1) is 0 Å². The molecule has 1 aliphatic rings. The van der Waals surface area contributed by atoms with Gasteiger partial charge in [0.15, 0.2) is 0 Å². The average molecular weight is 281 g/mol. The van der Waals surface area contributed by atoms with Gasteiger partial charge in [-0.1, -0.05) is 12.1 Å². The molecular weight excluding hydrogens is 262 g/mol. The van der Waals surface area contributed by atoms with Gasteiger partial charge < -0.3 is 5.73 Å². The van der Waals surface area contributed by atoms with Crippen molar-refractivity contribution in [3.05, 3.63) is 29.8 Å². The van der Waals surface area contributed by atoms with E-state index < -0.39 is 10.0 Å². The first kappa shape index (κ1) is 14.0. The standard InChI is InChI=1S/C13H19N3O2S/c1-10-3-2-4-12(9-10)19(17,18)16(11-5-6-11)8-7-13(14)15/h2-4,9,11H,5-8H2,1H3,(H3,14,15). The number of hydrogen-bond acceptors (Lipinski definition) is 3. The van der Waals surface area contributed by atoms with Crippen LogP contribution in [-0.2, 0) is 10.0 Å². The van der Waals surface area contributed by atoms with Gasteiger partial charge in [0.2, 0.25) is 10.0 Å². The molecule has 0 radical (unpaired) electrons. The van der Waals surface area contributed by atoms with Crippen molar-refractivity contribution in [3.8, 4) is 0 Å². The predicted molar refractivity (Wildman–Crippen MR) is 74.6 cm³/mol. The van der Waals surface area contributed by atoms with E-state index in [1.54, 1.807) is 18.2 Å². The highest BCUT2D eigenvalue weighted by atomic mass is 32.2. The van der Waals surface area contributed by atoms with Crippen molar-refractivity contribution in [3.63, 3.8) is 0 Å². The van der Waals surface area contributed by atoms with Gasteiger partial charge >= 0.3 is 0 Å². The maximum atomic E-state index is 12.6. The Labute approximate surface area is 114 Å². The average Bonchev–Trinajstić information content (AvgIpc) is 3.13. The van der Waals surface area contributed by atoms with E-state index in [4.69, 9.17) is 11.1 Å². The summed E-state index contributed by atoms with van der Waals surface area (Å²) < 4.78 is 26.7. The Kier molecular flexibility index (Phi) is 3.91. The van der Waals surface area contributed by atoms with E-state index in [1.807, 2.05) is 13.0 Å². The van der Waals surface area contributed by atoms with Crippen LogP contribution in [0.25, 0.3) is 0 Å². The minimum absolute atomic E-state index is 0.0186. The number of nitrogens with zero attached hydrogens (tertiary/aromatic N) is 1. The third-order valence-electron chi connectivity index (χ3n) is 3.15. The topological polar surface area (TPSA) is 87.2 Å². The Bertz CT molecular complexity index is 579. The molecule has 0 spiro atoms. The molecule has 6 heteroatoms. The maximum Gasteiger partial charge on any atom is 0.243 e. The van der Waals surface area contributed by atoms with Crippen LogP contribution in [0.4, 0.5) is 0 Å². The van der Waals surface area contributed by atoms with E-state index in [0.717, 1.165) is 18.4 Å². The summed E-state index contributed by atoms with van der Waals surface area (Å²) in [5.74, 6) is 0.0186. The first-order valence-electron chi connectivity index (χ1n) is 6.32. The minimum atomic E-state index is -3.47. The molecular formula is C13H19N3O2S. The molecule has 1 saturated carbocycles. The van der Waals surface area contributed by atoms with Crippen molar-refractivity contribution < 1.29 is 8.42 Å². The number of rotatable bonds is 6. The molecule has 1 fully saturated rings. The van der Waals surface area contributed by atoms with Gasteiger partial charge in [0.25, 0.3) is 0 Å². The van der Waals surface area contributed by atoms with E-state index in [1.165, 1.54) is 4.31 Å². The zero-order valence-electron chi connectivity index (χ0n) is 11.0. The van der Waals surface area contributed by atoms with Crippen LogP contribution in [-0.4, -0.2) is 31.1 Å². The van der Waals surface area contributed by atoms with Gasteiger partial charge in [-0.2, -0.15) is 4.31 Å². The van der Waals surface area contributed by atoms with E-state index in [0.29, 0.717) is 4.90 Å². The monoisotopic (exact) mass is 281 g/mol. The van der Waals surface area contributed by atoms with Gasteiger partial charge in [-0.05, 0) is 37.5 Å². The Hall–Kier alpha value is -1.40. The second-order valence-electron chi connectivity index (χ2n) is 4.94. The lowest BCUT2D eigenvalue weighted by atomic mass is 10.2. The van der Waals surface area contributed by atoms with Crippen LogP contribution in [0.3, 0.4) is 0 Å². The van der Waals surface area contributed by atoms with E-state index in [2.05, 4.69) is 0 Å². The highest BCUT2D eigenvalue weighted by Gasteiger charge is 2.37. The van der Waals surface area contributed by atoms with Crippen LogP contribution in [0.15, 0.2) is 29.2 Å². The normalized spacial score (nSPS) is 15.7. The maximum absolute atomic E-state index is 12.6. The Morgan fingerprint density at radius 3 is 2.68 bits per heavy atom. The zero-order valence-corrected chi connectivity index (χ0v) is 11.8. The van der Waals surface area contributed by atoms with Gasteiger partial charge in [-0.25, -0.2) is 8.42 Å². The fraction of sp³-hybridized carbons (Fsp3) is 0.462. The van der Waals surface area contributed by atoms with E-state index in [-0.39, 0.29) is 24.8 Å². The molecule has 1 aromatic carbocycles. The third kappa shape index (κ3) is 3.33. The summed E-state index contributed by atoms with van der Waals surface area (Å²) in [7, 11) is -3.47. The predicted octanol–water partition coefficient (Wildman–Crippen LogP) is 1.47. The van der Waals surface area contributed by atoms with Gasteiger partial charge in [0, 0.05) is 19.0 Å². The van der Waals surface area contributed by atoms with Gasteiger partial charge in [-0.3, -0.25) is 5.41 Å². The Morgan fingerprint density at radius 1 is 1.47 bits per heavy atom. The van der Waals surface area contributed by atoms with E-state index in [9.17, 15) is 8.42 Å². The first-order chi connectivity index (χ1) is 8.91. The SMILES string of the molecule is Cc1cccc(S(=O)(=O)N(CCC(=N)N)C2CC2)c1. The Morgan fingerprint density at radius 2 is 2.16 bits per heavy atom. The number of aryl methyl sites for hydroxylation is 1. The molecule has 104 valence electrons. The summed E-state index contributed by atoms with van der Waals surface area (Å²) in [6.45, 7) is 2.16. The van der Waals surface area contributed by atoms with Crippen molar-refractivity contribution in [1.29, 1.82) is 5.41 Å². The highest BCUT2D eigenvalue weighted by molar-refractivity contribution is 7.89. The summed E-state index contributed by atoms with van der Waals surface area (Å²) in [6.07, 6.45) is 2.06. The second kappa shape index (κ2) is 5.30. The smallest absolute Gasteiger partial charge is 0.243 e. The molecule has 0 saturated heterocycles. The molecule has 2 rings (SSSR count). The van der Waals surface area contributed by atoms with Crippen LogP contribution in [0.1, 0.15) is 24.8 Å². The summed E-state index contributed by atoms with van der Waals surface area (Å²) in [5.41, 5.74) is 6.25. The van der Waals surface area contributed by atoms with Crippen molar-refractivity contribution in [2.24, 2.45) is 5.73 Å². The Balaban J connectivity index is 2.26. The van der Waals surface area contributed by atoms with Crippen molar-refractivity contribution in [2.75, 3.05) is 6.54 Å². The lowest BCUT2D eigenvalue weighted by Gasteiger charge is -2.21. The molecule has 1 aromatic rings. The van der Waals surface area contributed by atoms with Crippen molar-refractivity contribution in [2.45, 2.75) is 37.1 Å². The molecule has 5 nitrogen and oxygen atoms in total. The number of nitrogens with two attached hydrogens (primary N) is 1. The molecule has 0 bridgehead atoms. The lowest BCUT2D eigenvalue weighted by molar-refractivity contribution is 0.412. The molecule has 3 N–H and O–H groups in total. The molecule has 0 amide bonds. The van der Waals surface area contributed by atoms with Crippen LogP contribution in [0.5, 0.6) is 0 Å². The number of sulfonamides is 1. The number of hydrogen-bond donors (Lipinski definition) is 2. The quantitative estimate of drug-likeness (QED) is 0.611. The molecule has 0 aliphatic heterocycles. The molecule has 0 atom stereocenters. The van der Waals surface area contributed by atoms with E-state index >= 15 is 0 Å². The van der Waals surface area contributed by atoms with Crippen molar-refractivity contribution >= 4 is 15.9 Å². The molecule has 0 aromatic heterocycles. The second-order valence-corrected chi connectivity index (χ2v) is 6.83. The largest absolute Gasteiger partial charge is 0.388 e. The number of amidine groups is 1. The minimum Gasteiger partial charge on any atom is -0.388 e. The van der Waals surface area contributed by atoms with Crippen LogP contribution < -0.4 is 5.73 Å². The van der Waals surface area contributed by atoms with Crippen LogP contribution in [0, 0.1) is 12.3 Å². The fourth-order valence-electron chi connectivity index (χ4n) is 2.00. The first-order valence-corrected chi connectivity index (χ1v) is 7.76. The van der Waals surface area contributed by atoms with Gasteiger partial charge in [0.05, 0.1) is 10.7 Å². The molecule has 19 heavy (non-hydrogen) atoms. The van der Waals surface area contributed by atoms with Crippen molar-refractivity contribution in [1.82, 2.24) is 4.31 Å². The number of nitrogens with one attached hydrogen (secondary N) is 1. The lowest BCUT2D eigenvalue weighted by Crippen LogP contribution is -2.35. The fourth-order valence-corrected chi connectivity index (χ4v) is 3.79.